The molecule has 0 fully saturated rings. The minimum Gasteiger partial charge on any atom is -0.326 e. The van der Waals surface area contributed by atoms with Crippen LogP contribution in [-0.2, 0) is 20.8 Å². The lowest BCUT2D eigenvalue weighted by atomic mass is 9.97. The molecule has 0 bridgehead atoms. The number of nitrogens with zero attached hydrogens (tertiary/aromatic N) is 3. The first-order valence-corrected chi connectivity index (χ1v) is 11.7. The second kappa shape index (κ2) is 9.65. The molecule has 2 aromatic carbocycles. The zero-order valence-electron chi connectivity index (χ0n) is 20.2. The first kappa shape index (κ1) is 23.9. The monoisotopic (exact) mass is 496 g/mol. The fraction of sp³-hybridized carbons (Fsp3) is 0.185. The number of hydrogen-bond acceptors (Lipinski definition) is 6. The highest BCUT2D eigenvalue weighted by Crippen LogP contribution is 2.38. The van der Waals surface area contributed by atoms with E-state index in [2.05, 4.69) is 20.9 Å². The zero-order chi connectivity index (χ0) is 26.1. The first-order valence-electron chi connectivity index (χ1n) is 11.7. The van der Waals surface area contributed by atoms with Gasteiger partial charge in [-0.05, 0) is 30.2 Å². The van der Waals surface area contributed by atoms with E-state index in [1.165, 1.54) is 32.3 Å². The minimum atomic E-state index is -1.22. The number of amides is 4. The van der Waals surface area contributed by atoms with Crippen LogP contribution < -0.4 is 20.9 Å². The van der Waals surface area contributed by atoms with Gasteiger partial charge in [0.1, 0.15) is 0 Å². The molecule has 4 amide bonds. The van der Waals surface area contributed by atoms with E-state index in [-0.39, 0.29) is 29.0 Å². The molecular formula is C27H24N6O4. The Labute approximate surface area is 212 Å². The van der Waals surface area contributed by atoms with Crippen molar-refractivity contribution in [2.45, 2.75) is 26.4 Å². The van der Waals surface area contributed by atoms with E-state index < -0.39 is 12.1 Å². The van der Waals surface area contributed by atoms with Crippen LogP contribution in [0, 0.1) is 0 Å². The van der Waals surface area contributed by atoms with E-state index in [1.54, 1.807) is 11.0 Å². The van der Waals surface area contributed by atoms with E-state index in [9.17, 15) is 19.2 Å². The predicted molar refractivity (Wildman–Crippen MR) is 139 cm³/mol. The number of pyridine rings is 1. The second-order valence-electron chi connectivity index (χ2n) is 8.77. The molecular weight excluding hydrogens is 472 g/mol. The molecule has 2 aliphatic heterocycles. The van der Waals surface area contributed by atoms with Crippen LogP contribution in [0.1, 0.15) is 40.9 Å². The van der Waals surface area contributed by atoms with Crippen molar-refractivity contribution in [3.05, 3.63) is 83.2 Å². The third kappa shape index (κ3) is 4.68. The summed E-state index contributed by atoms with van der Waals surface area (Å²) in [5.41, 5.74) is 4.60. The number of anilines is 3. The Morgan fingerprint density at radius 2 is 1.76 bits per heavy atom. The van der Waals surface area contributed by atoms with Gasteiger partial charge >= 0.3 is 0 Å². The summed E-state index contributed by atoms with van der Waals surface area (Å²) in [5, 5.41) is 8.16. The van der Waals surface area contributed by atoms with Crippen molar-refractivity contribution in [1.29, 1.82) is 0 Å². The Bertz CT molecular complexity index is 1470. The average molecular weight is 497 g/mol. The predicted octanol–water partition coefficient (Wildman–Crippen LogP) is 2.49. The molecule has 5 rings (SSSR count). The van der Waals surface area contributed by atoms with Gasteiger partial charge in [-0.3, -0.25) is 24.2 Å². The van der Waals surface area contributed by atoms with Crippen LogP contribution in [0.4, 0.5) is 17.1 Å². The number of carbonyl (C=O) groups excluding carboxylic acids is 4. The first-order chi connectivity index (χ1) is 17.8. The summed E-state index contributed by atoms with van der Waals surface area (Å²) in [6.07, 6.45) is 2.18. The second-order valence-corrected chi connectivity index (χ2v) is 8.77. The van der Waals surface area contributed by atoms with Crippen LogP contribution in [-0.4, -0.2) is 47.0 Å². The summed E-state index contributed by atoms with van der Waals surface area (Å²) in [6.45, 7) is 3.19. The molecule has 1 atom stereocenters. The minimum absolute atomic E-state index is 0.159. The largest absolute Gasteiger partial charge is 0.326 e. The molecule has 0 radical (unpaired) electrons. The van der Waals surface area contributed by atoms with Gasteiger partial charge in [-0.25, -0.2) is 4.99 Å². The van der Waals surface area contributed by atoms with E-state index in [4.69, 9.17) is 4.99 Å². The molecule has 186 valence electrons. The quantitative estimate of drug-likeness (QED) is 0.499. The molecule has 3 aromatic rings. The molecule has 10 heteroatoms. The van der Waals surface area contributed by atoms with Crippen molar-refractivity contribution in [1.82, 2.24) is 10.3 Å². The van der Waals surface area contributed by atoms with Gasteiger partial charge in [0.2, 0.25) is 18.0 Å². The normalized spacial score (nSPS) is 15.8. The number of carbonyl (C=O) groups is 4. The van der Waals surface area contributed by atoms with E-state index in [1.807, 2.05) is 36.4 Å². The lowest BCUT2D eigenvalue weighted by Crippen LogP contribution is -2.47. The molecule has 3 N–H and O–H groups in total. The summed E-state index contributed by atoms with van der Waals surface area (Å²) in [7, 11) is 0. The van der Waals surface area contributed by atoms with Gasteiger partial charge in [-0.1, -0.05) is 30.3 Å². The van der Waals surface area contributed by atoms with Crippen LogP contribution >= 0.6 is 0 Å². The maximum absolute atomic E-state index is 13.7. The third-order valence-corrected chi connectivity index (χ3v) is 6.09. The van der Waals surface area contributed by atoms with Crippen molar-refractivity contribution in [3.8, 4) is 0 Å². The highest BCUT2D eigenvalue weighted by atomic mass is 16.2. The molecule has 0 spiro atoms. The molecule has 37 heavy (non-hydrogen) atoms. The van der Waals surface area contributed by atoms with Gasteiger partial charge in [0.25, 0.3) is 11.8 Å². The zero-order valence-corrected chi connectivity index (χ0v) is 20.2. The standard InChI is InChI=1S/C27H24N6O4/c1-15(34)29-19-12-18-9-11-33-24(18)21(13-19)23(17-6-4-3-5-7-17)31-25(27(33)37)32-26(36)20-8-10-28-14-22(20)30-16(2)35/h3-8,10,12-14,25H,9,11H2,1-2H3,(H,29,34)(H,30,35)(H,32,36). The lowest BCUT2D eigenvalue weighted by Gasteiger charge is -2.21. The van der Waals surface area contributed by atoms with Gasteiger partial charge in [0.05, 0.1) is 28.8 Å². The molecule has 1 aromatic heterocycles. The summed E-state index contributed by atoms with van der Waals surface area (Å²) < 4.78 is 0. The van der Waals surface area contributed by atoms with Crippen molar-refractivity contribution in [3.63, 3.8) is 0 Å². The van der Waals surface area contributed by atoms with Gasteiger partial charge in [0, 0.05) is 43.4 Å². The lowest BCUT2D eigenvalue weighted by molar-refractivity contribution is -0.120. The van der Waals surface area contributed by atoms with Crippen LogP contribution in [0.3, 0.4) is 0 Å². The number of aliphatic imine (C=N–C) groups is 1. The average Bonchev–Trinajstić information content (AvgIpc) is 3.25. The molecule has 0 saturated heterocycles. The molecule has 10 nitrogen and oxygen atoms in total. The Kier molecular flexibility index (Phi) is 6.22. The summed E-state index contributed by atoms with van der Waals surface area (Å²) >= 11 is 0. The Morgan fingerprint density at radius 3 is 2.49 bits per heavy atom. The molecule has 2 aliphatic rings. The number of benzene rings is 2. The SMILES string of the molecule is CC(=O)Nc1cc2c3c(c1)C(c1ccccc1)=NC(NC(=O)c1ccncc1NC(C)=O)C(=O)N3CC2. The fourth-order valence-corrected chi connectivity index (χ4v) is 4.63. The maximum Gasteiger partial charge on any atom is 0.272 e. The summed E-state index contributed by atoms with van der Waals surface area (Å²) in [5.74, 6) is -1.51. The van der Waals surface area contributed by atoms with Crippen molar-refractivity contribution in [2.24, 2.45) is 4.99 Å². The Hall–Kier alpha value is -4.86. The molecule has 0 saturated carbocycles. The van der Waals surface area contributed by atoms with Crippen LogP contribution in [0.5, 0.6) is 0 Å². The van der Waals surface area contributed by atoms with Crippen molar-refractivity contribution >= 4 is 46.4 Å². The van der Waals surface area contributed by atoms with Gasteiger partial charge in [0.15, 0.2) is 0 Å². The van der Waals surface area contributed by atoms with Gasteiger partial charge in [-0.2, -0.15) is 0 Å². The fourth-order valence-electron chi connectivity index (χ4n) is 4.63. The summed E-state index contributed by atoms with van der Waals surface area (Å²) in [4.78, 5) is 60.7. The Morgan fingerprint density at radius 1 is 1.00 bits per heavy atom. The van der Waals surface area contributed by atoms with Gasteiger partial charge in [-0.15, -0.1) is 0 Å². The van der Waals surface area contributed by atoms with Crippen LogP contribution in [0.15, 0.2) is 65.9 Å². The van der Waals surface area contributed by atoms with Gasteiger partial charge < -0.3 is 20.9 Å². The number of aromatic nitrogens is 1. The van der Waals surface area contributed by atoms with Crippen molar-refractivity contribution < 1.29 is 19.2 Å². The highest BCUT2D eigenvalue weighted by molar-refractivity contribution is 6.22. The Balaban J connectivity index is 1.61. The number of rotatable bonds is 5. The summed E-state index contributed by atoms with van der Waals surface area (Å²) in [6, 6.07) is 14.5. The third-order valence-electron chi connectivity index (χ3n) is 6.09. The van der Waals surface area contributed by atoms with E-state index in [0.29, 0.717) is 29.9 Å². The van der Waals surface area contributed by atoms with Crippen LogP contribution in [0.2, 0.25) is 0 Å². The van der Waals surface area contributed by atoms with E-state index >= 15 is 0 Å². The number of hydrogen-bond donors (Lipinski definition) is 3. The topological polar surface area (TPSA) is 133 Å². The molecule has 0 aliphatic carbocycles. The van der Waals surface area contributed by atoms with Crippen molar-refractivity contribution in [2.75, 3.05) is 22.1 Å². The number of nitrogens with one attached hydrogen (secondary N) is 3. The van der Waals surface area contributed by atoms with Crippen LogP contribution in [0.25, 0.3) is 0 Å². The highest BCUT2D eigenvalue weighted by Gasteiger charge is 2.38. The maximum atomic E-state index is 13.7. The molecule has 3 heterocycles. The molecule has 1 unspecified atom stereocenters. The smallest absolute Gasteiger partial charge is 0.272 e. The van der Waals surface area contributed by atoms with E-state index in [0.717, 1.165) is 16.8 Å².